The van der Waals surface area contributed by atoms with Crippen LogP contribution in [-0.2, 0) is 16.0 Å². The van der Waals surface area contributed by atoms with Gasteiger partial charge in [-0.3, -0.25) is 4.79 Å². The zero-order valence-corrected chi connectivity index (χ0v) is 13.1. The van der Waals surface area contributed by atoms with Crippen molar-refractivity contribution >= 4 is 16.7 Å². The summed E-state index contributed by atoms with van der Waals surface area (Å²) in [6.45, 7) is 2.53. The fourth-order valence-corrected chi connectivity index (χ4v) is 3.31. The lowest BCUT2D eigenvalue weighted by Crippen LogP contribution is -2.40. The van der Waals surface area contributed by atoms with E-state index in [4.69, 9.17) is 4.74 Å². The molecule has 0 atom stereocenters. The van der Waals surface area contributed by atoms with Gasteiger partial charge in [-0.1, -0.05) is 42.5 Å². The molecule has 3 heteroatoms. The van der Waals surface area contributed by atoms with Gasteiger partial charge in [-0.05, 0) is 35.1 Å². The van der Waals surface area contributed by atoms with Crippen LogP contribution in [0.25, 0.3) is 10.8 Å². The van der Waals surface area contributed by atoms with Crippen LogP contribution in [0.15, 0.2) is 42.5 Å². The Kier molecular flexibility index (Phi) is 4.74. The van der Waals surface area contributed by atoms with E-state index in [-0.39, 0.29) is 5.91 Å². The molecule has 2 aromatic rings. The maximum absolute atomic E-state index is 12.6. The summed E-state index contributed by atoms with van der Waals surface area (Å²) in [6.07, 6.45) is 2.60. The number of ether oxygens (including phenoxy) is 1. The Hall–Kier alpha value is -1.87. The summed E-state index contributed by atoms with van der Waals surface area (Å²) in [5.74, 6) is 0.846. The second kappa shape index (κ2) is 6.93. The molecule has 0 spiro atoms. The van der Waals surface area contributed by atoms with E-state index in [0.717, 1.165) is 38.1 Å². The molecule has 0 bridgehead atoms. The molecule has 1 aliphatic heterocycles. The van der Waals surface area contributed by atoms with E-state index in [9.17, 15) is 4.79 Å². The van der Waals surface area contributed by atoms with Crippen LogP contribution in [0.5, 0.6) is 0 Å². The number of carbonyl (C=O) groups is 1. The van der Waals surface area contributed by atoms with Gasteiger partial charge in [-0.25, -0.2) is 0 Å². The van der Waals surface area contributed by atoms with Crippen molar-refractivity contribution in [3.63, 3.8) is 0 Å². The lowest BCUT2D eigenvalue weighted by Gasteiger charge is -2.31. The van der Waals surface area contributed by atoms with Gasteiger partial charge in [0.1, 0.15) is 0 Å². The van der Waals surface area contributed by atoms with Crippen LogP contribution >= 0.6 is 0 Å². The van der Waals surface area contributed by atoms with E-state index in [0.29, 0.717) is 12.3 Å². The number of piperidine rings is 1. The lowest BCUT2D eigenvalue weighted by molar-refractivity contribution is -0.132. The highest BCUT2D eigenvalue weighted by Crippen LogP contribution is 2.21. The SMILES string of the molecule is COCC1CCN(C(=O)Cc2cccc3ccccc23)CC1. The Morgan fingerprint density at radius 3 is 2.64 bits per heavy atom. The van der Waals surface area contributed by atoms with Crippen LogP contribution in [0.2, 0.25) is 0 Å². The number of nitrogens with zero attached hydrogens (tertiary/aromatic N) is 1. The maximum Gasteiger partial charge on any atom is 0.227 e. The molecule has 0 unspecified atom stereocenters. The van der Waals surface area contributed by atoms with E-state index in [1.807, 2.05) is 23.1 Å². The van der Waals surface area contributed by atoms with Gasteiger partial charge in [-0.15, -0.1) is 0 Å². The molecular formula is C19H23NO2. The third kappa shape index (κ3) is 3.30. The van der Waals surface area contributed by atoms with E-state index in [1.165, 1.54) is 10.8 Å². The first-order valence-corrected chi connectivity index (χ1v) is 8.01. The summed E-state index contributed by atoms with van der Waals surface area (Å²) < 4.78 is 5.22. The first-order chi connectivity index (χ1) is 10.8. The van der Waals surface area contributed by atoms with Crippen LogP contribution < -0.4 is 0 Å². The van der Waals surface area contributed by atoms with Crippen molar-refractivity contribution in [1.29, 1.82) is 0 Å². The molecular weight excluding hydrogens is 274 g/mol. The number of benzene rings is 2. The number of hydrogen-bond acceptors (Lipinski definition) is 2. The van der Waals surface area contributed by atoms with Gasteiger partial charge in [0, 0.05) is 26.8 Å². The van der Waals surface area contributed by atoms with Crippen molar-refractivity contribution in [3.8, 4) is 0 Å². The van der Waals surface area contributed by atoms with Crippen molar-refractivity contribution in [2.24, 2.45) is 5.92 Å². The molecule has 1 fully saturated rings. The number of fused-ring (bicyclic) bond motifs is 1. The van der Waals surface area contributed by atoms with Gasteiger partial charge in [0.15, 0.2) is 0 Å². The Morgan fingerprint density at radius 1 is 1.14 bits per heavy atom. The quantitative estimate of drug-likeness (QED) is 0.867. The van der Waals surface area contributed by atoms with Gasteiger partial charge >= 0.3 is 0 Å². The first kappa shape index (κ1) is 15.0. The van der Waals surface area contributed by atoms with Gasteiger partial charge in [0.25, 0.3) is 0 Å². The van der Waals surface area contributed by atoms with Crippen LogP contribution in [0.1, 0.15) is 18.4 Å². The molecule has 1 heterocycles. The highest BCUT2D eigenvalue weighted by Gasteiger charge is 2.22. The van der Waals surface area contributed by atoms with E-state index < -0.39 is 0 Å². The number of methoxy groups -OCH3 is 1. The number of likely N-dealkylation sites (tertiary alicyclic amines) is 1. The summed E-state index contributed by atoms with van der Waals surface area (Å²) in [7, 11) is 1.75. The van der Waals surface area contributed by atoms with E-state index >= 15 is 0 Å². The van der Waals surface area contributed by atoms with Crippen LogP contribution in [0.3, 0.4) is 0 Å². The molecule has 0 aliphatic carbocycles. The minimum absolute atomic E-state index is 0.243. The Morgan fingerprint density at radius 2 is 1.86 bits per heavy atom. The molecule has 1 saturated heterocycles. The zero-order chi connectivity index (χ0) is 15.4. The van der Waals surface area contributed by atoms with Crippen molar-refractivity contribution in [3.05, 3.63) is 48.0 Å². The predicted molar refractivity (Wildman–Crippen MR) is 88.8 cm³/mol. The number of amides is 1. The van der Waals surface area contributed by atoms with Crippen LogP contribution in [-0.4, -0.2) is 37.6 Å². The minimum Gasteiger partial charge on any atom is -0.384 e. The summed E-state index contributed by atoms with van der Waals surface area (Å²) in [5.41, 5.74) is 1.13. The molecule has 0 N–H and O–H groups in total. The second-order valence-electron chi connectivity index (χ2n) is 6.09. The topological polar surface area (TPSA) is 29.5 Å². The Bertz CT molecular complexity index is 639. The highest BCUT2D eigenvalue weighted by molar-refractivity contribution is 5.90. The van der Waals surface area contributed by atoms with Crippen molar-refractivity contribution < 1.29 is 9.53 Å². The average molecular weight is 297 g/mol. The number of rotatable bonds is 4. The molecule has 0 aromatic heterocycles. The molecule has 2 aromatic carbocycles. The monoisotopic (exact) mass is 297 g/mol. The summed E-state index contributed by atoms with van der Waals surface area (Å²) >= 11 is 0. The van der Waals surface area contributed by atoms with Crippen LogP contribution in [0.4, 0.5) is 0 Å². The summed E-state index contributed by atoms with van der Waals surface area (Å²) in [6, 6.07) is 14.5. The van der Waals surface area contributed by atoms with Gasteiger partial charge < -0.3 is 9.64 Å². The first-order valence-electron chi connectivity index (χ1n) is 8.01. The summed E-state index contributed by atoms with van der Waals surface area (Å²) in [4.78, 5) is 14.6. The average Bonchev–Trinajstić information content (AvgIpc) is 2.56. The molecule has 22 heavy (non-hydrogen) atoms. The molecule has 1 aliphatic rings. The number of carbonyl (C=O) groups excluding carboxylic acids is 1. The minimum atomic E-state index is 0.243. The van der Waals surface area contributed by atoms with Gasteiger partial charge in [0.05, 0.1) is 6.42 Å². The molecule has 1 amide bonds. The molecule has 116 valence electrons. The van der Waals surface area contributed by atoms with E-state index in [1.54, 1.807) is 7.11 Å². The van der Waals surface area contributed by atoms with E-state index in [2.05, 4.69) is 24.3 Å². The molecule has 0 saturated carbocycles. The summed E-state index contributed by atoms with van der Waals surface area (Å²) in [5, 5.41) is 2.39. The van der Waals surface area contributed by atoms with Crippen LogP contribution in [0, 0.1) is 5.92 Å². The smallest absolute Gasteiger partial charge is 0.227 e. The molecule has 3 nitrogen and oxygen atoms in total. The van der Waals surface area contributed by atoms with Gasteiger partial charge in [-0.2, -0.15) is 0 Å². The maximum atomic E-state index is 12.6. The molecule has 0 radical (unpaired) electrons. The van der Waals surface area contributed by atoms with Gasteiger partial charge in [0.2, 0.25) is 5.91 Å². The fourth-order valence-electron chi connectivity index (χ4n) is 3.31. The fraction of sp³-hybridized carbons (Fsp3) is 0.421. The predicted octanol–water partition coefficient (Wildman–Crippen LogP) is 3.27. The molecule has 3 rings (SSSR count). The largest absolute Gasteiger partial charge is 0.384 e. The Balaban J connectivity index is 1.67. The Labute approximate surface area is 131 Å². The van der Waals surface area contributed by atoms with Crippen molar-refractivity contribution in [2.75, 3.05) is 26.8 Å². The number of hydrogen-bond donors (Lipinski definition) is 0. The normalized spacial score (nSPS) is 16.1. The standard InChI is InChI=1S/C19H23NO2/c1-22-14-15-9-11-20(12-10-15)19(21)13-17-7-4-6-16-5-2-3-8-18(16)17/h2-8,15H,9-14H2,1H3. The second-order valence-corrected chi connectivity index (χ2v) is 6.09. The van der Waals surface area contributed by atoms with Crippen molar-refractivity contribution in [1.82, 2.24) is 4.90 Å². The third-order valence-electron chi connectivity index (χ3n) is 4.59. The zero-order valence-electron chi connectivity index (χ0n) is 13.1. The highest BCUT2D eigenvalue weighted by atomic mass is 16.5. The van der Waals surface area contributed by atoms with Crippen molar-refractivity contribution in [2.45, 2.75) is 19.3 Å². The third-order valence-corrected chi connectivity index (χ3v) is 4.59. The lowest BCUT2D eigenvalue weighted by atomic mass is 9.96.